The number of pyridine rings is 4. The molecule has 0 bridgehead atoms. The Balaban J connectivity index is 0.000000248. The highest BCUT2D eigenvalue weighted by Gasteiger charge is 1.92. The van der Waals surface area contributed by atoms with Crippen LogP contribution >= 0.6 is 0 Å². The number of hydrogen-bond acceptors (Lipinski definition) is 6. The molecule has 0 spiro atoms. The average Bonchev–Trinajstić information content (AvgIpc) is 2.86. The van der Waals surface area contributed by atoms with Crippen molar-refractivity contribution in [3.05, 3.63) is 125 Å². The SMILES string of the molecule is C=Cc1cc(C)ccn1.Cc1ccnc(C)c1.Cc1ccnc(CCO)c1.Cc1ccnc(CCO)c1. The van der Waals surface area contributed by atoms with Gasteiger partial charge in [0.15, 0.2) is 0 Å². The number of aryl methyl sites for hydroxylation is 5. The summed E-state index contributed by atoms with van der Waals surface area (Å²) in [6.45, 7) is 14.1. The van der Waals surface area contributed by atoms with Crippen molar-refractivity contribution in [2.75, 3.05) is 13.2 Å². The molecule has 4 rings (SSSR count). The van der Waals surface area contributed by atoms with E-state index in [1.165, 1.54) is 22.3 Å². The molecule has 4 heterocycles. The number of aromatic nitrogens is 4. The second kappa shape index (κ2) is 18.5. The molecule has 0 radical (unpaired) electrons. The van der Waals surface area contributed by atoms with Crippen LogP contribution in [0.2, 0.25) is 0 Å². The molecule has 2 N–H and O–H groups in total. The van der Waals surface area contributed by atoms with Gasteiger partial charge < -0.3 is 10.2 Å². The zero-order valence-electron chi connectivity index (χ0n) is 22.7. The van der Waals surface area contributed by atoms with Crippen LogP contribution in [0.15, 0.2) is 79.9 Å². The highest BCUT2D eigenvalue weighted by molar-refractivity contribution is 5.42. The van der Waals surface area contributed by atoms with Crippen molar-refractivity contribution in [3.63, 3.8) is 0 Å². The van der Waals surface area contributed by atoms with E-state index in [4.69, 9.17) is 10.2 Å². The fraction of sp³-hybridized carbons (Fsp3) is 0.290. The lowest BCUT2D eigenvalue weighted by Crippen LogP contribution is -1.93. The molecule has 0 aromatic carbocycles. The molecule has 196 valence electrons. The van der Waals surface area contributed by atoms with Crippen molar-refractivity contribution < 1.29 is 10.2 Å². The topological polar surface area (TPSA) is 92.0 Å². The fourth-order valence-electron chi connectivity index (χ4n) is 3.06. The van der Waals surface area contributed by atoms with Crippen LogP contribution < -0.4 is 0 Å². The van der Waals surface area contributed by atoms with Gasteiger partial charge in [-0.2, -0.15) is 0 Å². The minimum atomic E-state index is 0.177. The molecule has 0 unspecified atom stereocenters. The Hall–Kier alpha value is -3.74. The number of rotatable bonds is 5. The largest absolute Gasteiger partial charge is 0.396 e. The molecule has 37 heavy (non-hydrogen) atoms. The zero-order chi connectivity index (χ0) is 27.5. The van der Waals surface area contributed by atoms with E-state index >= 15 is 0 Å². The molecule has 0 aliphatic heterocycles. The first-order valence-corrected chi connectivity index (χ1v) is 12.3. The predicted molar refractivity (Wildman–Crippen MR) is 152 cm³/mol. The molecule has 4 aromatic heterocycles. The summed E-state index contributed by atoms with van der Waals surface area (Å²) in [5.41, 5.74) is 8.83. The number of hydrogen-bond donors (Lipinski definition) is 2. The van der Waals surface area contributed by atoms with Gasteiger partial charge in [-0.15, -0.1) is 0 Å². The summed E-state index contributed by atoms with van der Waals surface area (Å²) < 4.78 is 0. The fourth-order valence-corrected chi connectivity index (χ4v) is 3.06. The number of aliphatic hydroxyl groups is 2. The van der Waals surface area contributed by atoms with E-state index in [0.717, 1.165) is 22.8 Å². The van der Waals surface area contributed by atoms with Gasteiger partial charge in [-0.3, -0.25) is 19.9 Å². The highest BCUT2D eigenvalue weighted by atomic mass is 16.3. The smallest absolute Gasteiger partial charge is 0.0626 e. The van der Waals surface area contributed by atoms with Gasteiger partial charge in [-0.1, -0.05) is 6.58 Å². The van der Waals surface area contributed by atoms with Gasteiger partial charge in [0.2, 0.25) is 0 Å². The van der Waals surface area contributed by atoms with Crippen LogP contribution in [0.1, 0.15) is 45.0 Å². The van der Waals surface area contributed by atoms with Crippen molar-refractivity contribution in [1.29, 1.82) is 0 Å². The molecule has 0 fully saturated rings. The minimum absolute atomic E-state index is 0.177. The molecule has 0 saturated carbocycles. The van der Waals surface area contributed by atoms with Crippen LogP contribution in [-0.2, 0) is 12.8 Å². The molecule has 0 atom stereocenters. The van der Waals surface area contributed by atoms with E-state index in [1.54, 1.807) is 24.7 Å². The molecular formula is C31H40N4O2. The third kappa shape index (κ3) is 15.1. The van der Waals surface area contributed by atoms with E-state index < -0.39 is 0 Å². The van der Waals surface area contributed by atoms with Gasteiger partial charge in [0.05, 0.1) is 5.69 Å². The molecule has 6 heteroatoms. The van der Waals surface area contributed by atoms with Gasteiger partial charge in [0, 0.05) is 67.9 Å². The van der Waals surface area contributed by atoms with Crippen molar-refractivity contribution in [1.82, 2.24) is 19.9 Å². The van der Waals surface area contributed by atoms with Crippen LogP contribution in [0.5, 0.6) is 0 Å². The lowest BCUT2D eigenvalue weighted by Gasteiger charge is -1.96. The lowest BCUT2D eigenvalue weighted by molar-refractivity contribution is 0.298. The van der Waals surface area contributed by atoms with Crippen molar-refractivity contribution in [3.8, 4) is 0 Å². The van der Waals surface area contributed by atoms with Gasteiger partial charge >= 0.3 is 0 Å². The Bertz CT molecular complexity index is 1130. The molecule has 0 saturated heterocycles. The molecule has 6 nitrogen and oxygen atoms in total. The Labute approximate surface area is 221 Å². The standard InChI is InChI=1S/2C8H11NO.C8H9N.C7H9N/c2*1-7-2-4-9-8(6-7)3-5-10;1-3-8-6-7(2)4-5-9-8;1-6-3-4-8-7(2)5-6/h2*2,4,6,10H,3,5H2,1H3;3-6H,1H2,2H3;3-5H,1-2H3. The summed E-state index contributed by atoms with van der Waals surface area (Å²) in [6, 6.07) is 15.9. The first-order chi connectivity index (χ1) is 17.8. The Morgan fingerprint density at radius 1 is 0.595 bits per heavy atom. The van der Waals surface area contributed by atoms with Crippen molar-refractivity contribution >= 4 is 6.08 Å². The zero-order valence-corrected chi connectivity index (χ0v) is 22.7. The first-order valence-electron chi connectivity index (χ1n) is 12.3. The maximum Gasteiger partial charge on any atom is 0.0626 e. The van der Waals surface area contributed by atoms with Crippen molar-refractivity contribution in [2.45, 2.75) is 47.5 Å². The van der Waals surface area contributed by atoms with Gasteiger partial charge in [0.25, 0.3) is 0 Å². The minimum Gasteiger partial charge on any atom is -0.396 e. The van der Waals surface area contributed by atoms with Crippen LogP contribution in [0, 0.1) is 34.6 Å². The average molecular weight is 501 g/mol. The second-order valence-corrected chi connectivity index (χ2v) is 8.53. The van der Waals surface area contributed by atoms with Gasteiger partial charge in [-0.05, 0) is 111 Å². The van der Waals surface area contributed by atoms with Gasteiger partial charge in [-0.25, -0.2) is 0 Å². The second-order valence-electron chi connectivity index (χ2n) is 8.53. The summed E-state index contributed by atoms with van der Waals surface area (Å²) in [4.78, 5) is 16.2. The summed E-state index contributed by atoms with van der Waals surface area (Å²) in [6.07, 6.45) is 10.2. The molecular weight excluding hydrogens is 460 g/mol. The third-order valence-corrected chi connectivity index (χ3v) is 4.88. The van der Waals surface area contributed by atoms with Crippen LogP contribution in [0.4, 0.5) is 0 Å². The van der Waals surface area contributed by atoms with E-state index in [1.807, 2.05) is 76.4 Å². The van der Waals surface area contributed by atoms with Crippen molar-refractivity contribution in [2.24, 2.45) is 0 Å². The summed E-state index contributed by atoms with van der Waals surface area (Å²) in [5, 5.41) is 17.1. The van der Waals surface area contributed by atoms with Crippen LogP contribution in [0.25, 0.3) is 6.08 Å². The Morgan fingerprint density at radius 3 is 1.30 bits per heavy atom. The summed E-state index contributed by atoms with van der Waals surface area (Å²) in [5.74, 6) is 0. The maximum absolute atomic E-state index is 8.57. The molecule has 4 aromatic rings. The van der Waals surface area contributed by atoms with E-state index in [2.05, 4.69) is 39.5 Å². The molecule has 0 aliphatic carbocycles. The lowest BCUT2D eigenvalue weighted by atomic mass is 10.2. The number of aliphatic hydroxyl groups excluding tert-OH is 2. The Morgan fingerprint density at radius 2 is 1.00 bits per heavy atom. The molecule has 0 amide bonds. The van der Waals surface area contributed by atoms with Gasteiger partial charge in [0.1, 0.15) is 0 Å². The van der Waals surface area contributed by atoms with Crippen LogP contribution in [0.3, 0.4) is 0 Å². The first kappa shape index (κ1) is 31.3. The highest BCUT2D eigenvalue weighted by Crippen LogP contribution is 2.01. The molecule has 0 aliphatic rings. The normalized spacial score (nSPS) is 9.49. The summed E-state index contributed by atoms with van der Waals surface area (Å²) in [7, 11) is 0. The van der Waals surface area contributed by atoms with E-state index in [0.29, 0.717) is 12.8 Å². The third-order valence-electron chi connectivity index (χ3n) is 4.88. The van der Waals surface area contributed by atoms with E-state index in [-0.39, 0.29) is 13.2 Å². The monoisotopic (exact) mass is 500 g/mol. The Kier molecular flexibility index (Phi) is 15.7. The predicted octanol–water partition coefficient (Wildman–Crippen LogP) is 5.58. The summed E-state index contributed by atoms with van der Waals surface area (Å²) >= 11 is 0. The van der Waals surface area contributed by atoms with E-state index in [9.17, 15) is 0 Å². The maximum atomic E-state index is 8.57. The quantitative estimate of drug-likeness (QED) is 0.372. The number of nitrogens with zero attached hydrogens (tertiary/aromatic N) is 4. The van der Waals surface area contributed by atoms with Crippen LogP contribution in [-0.4, -0.2) is 43.4 Å².